The number of nitrogens with zero attached hydrogens (tertiary/aromatic N) is 2. The number of nitrogens with one attached hydrogen (secondary N) is 1. The fourth-order valence-electron chi connectivity index (χ4n) is 3.48. The molecule has 0 bridgehead atoms. The molecule has 1 aromatic carbocycles. The summed E-state index contributed by atoms with van der Waals surface area (Å²) < 4.78 is 16.4. The summed E-state index contributed by atoms with van der Waals surface area (Å²) >= 11 is 0. The number of hydrogen-bond acceptors (Lipinski definition) is 8. The van der Waals surface area contributed by atoms with Gasteiger partial charge in [-0.05, 0) is 31.4 Å². The summed E-state index contributed by atoms with van der Waals surface area (Å²) in [6.45, 7) is 2.63. The third kappa shape index (κ3) is 4.81. The smallest absolute Gasteiger partial charge is 0.302 e. The summed E-state index contributed by atoms with van der Waals surface area (Å²) in [5.74, 6) is 0.405. The van der Waals surface area contributed by atoms with E-state index < -0.39 is 11.9 Å². The number of unbranched alkanes of at least 4 members (excludes halogenated alkanes) is 2. The van der Waals surface area contributed by atoms with Gasteiger partial charge in [0.15, 0.2) is 11.5 Å². The number of aliphatic imine (C=N–C) groups is 1. The number of ether oxygens (including phenoxy) is 3. The summed E-state index contributed by atoms with van der Waals surface area (Å²) in [7, 11) is 1.55. The van der Waals surface area contributed by atoms with Crippen molar-refractivity contribution in [1.29, 1.82) is 0 Å². The molecule has 2 heterocycles. The highest BCUT2D eigenvalue weighted by Crippen LogP contribution is 2.41. The number of primary amides is 1. The maximum atomic E-state index is 12.2. The van der Waals surface area contributed by atoms with Crippen LogP contribution in [0.3, 0.4) is 0 Å². The average molecular weight is 418 g/mol. The number of carbonyl (C=O) groups is 3. The van der Waals surface area contributed by atoms with Gasteiger partial charge in [0, 0.05) is 12.5 Å². The van der Waals surface area contributed by atoms with Gasteiger partial charge < -0.3 is 24.8 Å². The van der Waals surface area contributed by atoms with Gasteiger partial charge >= 0.3 is 5.97 Å². The van der Waals surface area contributed by atoms with Crippen molar-refractivity contribution >= 4 is 29.4 Å². The van der Waals surface area contributed by atoms with Crippen molar-refractivity contribution in [2.75, 3.05) is 20.3 Å². The average Bonchev–Trinajstić information content (AvgIpc) is 2.99. The van der Waals surface area contributed by atoms with Gasteiger partial charge in [-0.15, -0.1) is 0 Å². The van der Waals surface area contributed by atoms with Crippen molar-refractivity contribution in [3.63, 3.8) is 0 Å². The topological polar surface area (TPSA) is 133 Å². The molecule has 1 aromatic rings. The Balaban J connectivity index is 1.66. The van der Waals surface area contributed by atoms with Crippen LogP contribution in [0.2, 0.25) is 0 Å². The van der Waals surface area contributed by atoms with Crippen LogP contribution in [0.4, 0.5) is 5.69 Å². The molecule has 1 fully saturated rings. The van der Waals surface area contributed by atoms with Gasteiger partial charge in [-0.1, -0.05) is 0 Å². The van der Waals surface area contributed by atoms with Gasteiger partial charge in [0.25, 0.3) is 0 Å². The molecule has 2 amide bonds. The van der Waals surface area contributed by atoms with E-state index in [0.717, 1.165) is 24.8 Å². The standard InChI is InChI=1S/C20H26N4O6/c1-12(25)29-8-4-3-5-9-30-16-7-6-14-13(18(16)28-2)11-24-15(10-17(21)26)19(27)23-20(24)22-14/h6-7,15H,3-5,8-11H2,1-2H3,(H2,21,26)(H,22,23,27). The number of esters is 1. The summed E-state index contributed by atoms with van der Waals surface area (Å²) in [6, 6.07) is 2.90. The highest BCUT2D eigenvalue weighted by Gasteiger charge is 2.40. The Labute approximate surface area is 174 Å². The predicted molar refractivity (Wildman–Crippen MR) is 107 cm³/mol. The van der Waals surface area contributed by atoms with Crippen LogP contribution in [0.15, 0.2) is 17.1 Å². The Hall–Kier alpha value is -3.30. The van der Waals surface area contributed by atoms with Crippen molar-refractivity contribution in [3.05, 3.63) is 17.7 Å². The van der Waals surface area contributed by atoms with Crippen molar-refractivity contribution in [1.82, 2.24) is 10.2 Å². The Morgan fingerprint density at radius 3 is 2.73 bits per heavy atom. The van der Waals surface area contributed by atoms with Crippen molar-refractivity contribution in [3.8, 4) is 11.5 Å². The van der Waals surface area contributed by atoms with Crippen LogP contribution in [0.25, 0.3) is 0 Å². The zero-order valence-electron chi connectivity index (χ0n) is 17.1. The van der Waals surface area contributed by atoms with Gasteiger partial charge in [-0.3, -0.25) is 19.7 Å². The second kappa shape index (κ2) is 9.47. The second-order valence-corrected chi connectivity index (χ2v) is 7.08. The lowest BCUT2D eigenvalue weighted by Crippen LogP contribution is -2.39. The molecule has 1 saturated heterocycles. The van der Waals surface area contributed by atoms with Crippen molar-refractivity contribution in [2.45, 2.75) is 45.2 Å². The van der Waals surface area contributed by atoms with Crippen LogP contribution in [-0.4, -0.2) is 55.0 Å². The maximum absolute atomic E-state index is 12.2. The molecule has 0 saturated carbocycles. The molecule has 0 radical (unpaired) electrons. The molecule has 0 spiro atoms. The van der Waals surface area contributed by atoms with E-state index in [4.69, 9.17) is 19.9 Å². The lowest BCUT2D eigenvalue weighted by molar-refractivity contribution is -0.141. The Kier molecular flexibility index (Phi) is 6.76. The largest absolute Gasteiger partial charge is 0.492 e. The maximum Gasteiger partial charge on any atom is 0.302 e. The minimum Gasteiger partial charge on any atom is -0.492 e. The number of amides is 2. The number of hydrogen-bond donors (Lipinski definition) is 2. The van der Waals surface area contributed by atoms with Gasteiger partial charge in [0.05, 0.1) is 39.0 Å². The first-order valence-electron chi connectivity index (χ1n) is 9.81. The number of methoxy groups -OCH3 is 1. The van der Waals surface area contributed by atoms with E-state index >= 15 is 0 Å². The van der Waals surface area contributed by atoms with Crippen LogP contribution in [0.1, 0.15) is 38.2 Å². The molecule has 2 aliphatic rings. The molecule has 30 heavy (non-hydrogen) atoms. The highest BCUT2D eigenvalue weighted by atomic mass is 16.5. The molecule has 162 valence electrons. The van der Waals surface area contributed by atoms with E-state index in [9.17, 15) is 14.4 Å². The van der Waals surface area contributed by atoms with E-state index in [0.29, 0.717) is 42.9 Å². The zero-order valence-corrected chi connectivity index (χ0v) is 17.1. The first kappa shape index (κ1) is 21.4. The SMILES string of the molecule is COc1c(OCCCCCOC(C)=O)ccc2c1CN1C(=N2)NC(=O)C1CC(N)=O. The number of rotatable bonds is 10. The van der Waals surface area contributed by atoms with Gasteiger partial charge in [0.1, 0.15) is 6.04 Å². The normalized spacial score (nSPS) is 16.9. The van der Waals surface area contributed by atoms with Crippen LogP contribution in [-0.2, 0) is 25.7 Å². The highest BCUT2D eigenvalue weighted by molar-refractivity contribution is 6.09. The van der Waals surface area contributed by atoms with Crippen molar-refractivity contribution < 1.29 is 28.6 Å². The molecular weight excluding hydrogens is 392 g/mol. The molecule has 2 aliphatic heterocycles. The molecule has 10 heteroatoms. The fraction of sp³-hybridized carbons (Fsp3) is 0.500. The van der Waals surface area contributed by atoms with Gasteiger partial charge in [0.2, 0.25) is 17.8 Å². The predicted octanol–water partition coefficient (Wildman–Crippen LogP) is 0.984. The van der Waals surface area contributed by atoms with E-state index in [2.05, 4.69) is 10.3 Å². The van der Waals surface area contributed by atoms with E-state index in [1.54, 1.807) is 18.1 Å². The Morgan fingerprint density at radius 1 is 1.27 bits per heavy atom. The summed E-state index contributed by atoms with van der Waals surface area (Å²) in [5, 5.41) is 2.70. The quantitative estimate of drug-likeness (QED) is 0.427. The lowest BCUT2D eigenvalue weighted by atomic mass is 10.1. The molecule has 1 atom stereocenters. The van der Waals surface area contributed by atoms with Gasteiger partial charge in [-0.2, -0.15) is 0 Å². The molecule has 3 rings (SSSR count). The fourth-order valence-corrected chi connectivity index (χ4v) is 3.48. The Bertz CT molecular complexity index is 869. The van der Waals surface area contributed by atoms with Crippen LogP contribution < -0.4 is 20.5 Å². The number of benzene rings is 1. The number of guanidine groups is 1. The van der Waals surface area contributed by atoms with Crippen LogP contribution >= 0.6 is 0 Å². The number of fused-ring (bicyclic) bond motifs is 2. The summed E-state index contributed by atoms with van der Waals surface area (Å²) in [6.07, 6.45) is 2.35. The molecular formula is C20H26N4O6. The first-order chi connectivity index (χ1) is 14.4. The minimum atomic E-state index is -0.694. The molecule has 0 aromatic heterocycles. The monoisotopic (exact) mass is 418 g/mol. The number of nitrogens with two attached hydrogens (primary N) is 1. The summed E-state index contributed by atoms with van der Waals surface area (Å²) in [4.78, 5) is 40.5. The third-order valence-electron chi connectivity index (χ3n) is 4.89. The van der Waals surface area contributed by atoms with E-state index in [1.807, 2.05) is 6.07 Å². The van der Waals surface area contributed by atoms with E-state index in [-0.39, 0.29) is 18.3 Å². The van der Waals surface area contributed by atoms with E-state index in [1.165, 1.54) is 6.92 Å². The molecule has 10 nitrogen and oxygen atoms in total. The molecule has 3 N–H and O–H groups in total. The van der Waals surface area contributed by atoms with Crippen molar-refractivity contribution in [2.24, 2.45) is 10.7 Å². The number of carbonyl (C=O) groups excluding carboxylic acids is 3. The van der Waals surface area contributed by atoms with Crippen LogP contribution in [0, 0.1) is 0 Å². The molecule has 0 aliphatic carbocycles. The third-order valence-corrected chi connectivity index (χ3v) is 4.89. The second-order valence-electron chi connectivity index (χ2n) is 7.08. The summed E-state index contributed by atoms with van der Waals surface area (Å²) in [5.41, 5.74) is 6.74. The van der Waals surface area contributed by atoms with Crippen LogP contribution in [0.5, 0.6) is 11.5 Å². The Morgan fingerprint density at radius 2 is 2.03 bits per heavy atom. The minimum absolute atomic E-state index is 0.0912. The lowest BCUT2D eigenvalue weighted by Gasteiger charge is -2.29. The first-order valence-corrected chi connectivity index (χ1v) is 9.81. The molecule has 1 unspecified atom stereocenters. The van der Waals surface area contributed by atoms with Gasteiger partial charge in [-0.25, -0.2) is 4.99 Å². The zero-order chi connectivity index (χ0) is 21.7.